The lowest BCUT2D eigenvalue weighted by Gasteiger charge is -2.25. The lowest BCUT2D eigenvalue weighted by atomic mass is 9.97. The van der Waals surface area contributed by atoms with E-state index in [1.54, 1.807) is 0 Å². The fourth-order valence-electron chi connectivity index (χ4n) is 3.65. The van der Waals surface area contributed by atoms with Crippen LogP contribution < -0.4 is 0 Å². The van der Waals surface area contributed by atoms with Crippen molar-refractivity contribution in [1.29, 1.82) is 0 Å². The standard InChI is InChI=1S/C19H26FNO3/c1-13-10-16(15-5-7-17(20)8-6-15)11-21(13)19(22)14(2)24-12-18-4-3-9-23-18/h5-8,13-14,16,18H,3-4,9-12H2,1-2H3/t13-,14-,16-,18-/m0/s1. The van der Waals surface area contributed by atoms with Gasteiger partial charge in [-0.05, 0) is 50.8 Å². The molecule has 0 N–H and O–H groups in total. The Labute approximate surface area is 142 Å². The van der Waals surface area contributed by atoms with Gasteiger partial charge >= 0.3 is 0 Å². The number of benzene rings is 1. The Balaban J connectivity index is 1.55. The smallest absolute Gasteiger partial charge is 0.251 e. The molecule has 1 amide bonds. The van der Waals surface area contributed by atoms with E-state index in [9.17, 15) is 9.18 Å². The normalized spacial score (nSPS) is 28.3. The van der Waals surface area contributed by atoms with Crippen LogP contribution in [0.2, 0.25) is 0 Å². The molecule has 4 atom stereocenters. The average molecular weight is 335 g/mol. The van der Waals surface area contributed by atoms with E-state index in [1.807, 2.05) is 24.0 Å². The van der Waals surface area contributed by atoms with E-state index in [0.29, 0.717) is 13.2 Å². The Morgan fingerprint density at radius 1 is 1.42 bits per heavy atom. The zero-order chi connectivity index (χ0) is 17.1. The molecule has 4 nitrogen and oxygen atoms in total. The Bertz CT molecular complexity index is 556. The number of carbonyl (C=O) groups excluding carboxylic acids is 1. The maximum Gasteiger partial charge on any atom is 0.251 e. The van der Waals surface area contributed by atoms with Gasteiger partial charge in [-0.25, -0.2) is 4.39 Å². The summed E-state index contributed by atoms with van der Waals surface area (Å²) in [6, 6.07) is 6.77. The summed E-state index contributed by atoms with van der Waals surface area (Å²) in [6.45, 7) is 5.82. The molecular formula is C19H26FNO3. The number of halogens is 1. The molecule has 0 radical (unpaired) electrons. The van der Waals surface area contributed by atoms with Crippen LogP contribution in [0.1, 0.15) is 44.6 Å². The quantitative estimate of drug-likeness (QED) is 0.830. The van der Waals surface area contributed by atoms with Crippen molar-refractivity contribution in [3.8, 4) is 0 Å². The number of hydrogen-bond donors (Lipinski definition) is 0. The van der Waals surface area contributed by atoms with E-state index in [0.717, 1.165) is 31.4 Å². The number of rotatable bonds is 5. The van der Waals surface area contributed by atoms with Crippen molar-refractivity contribution in [3.05, 3.63) is 35.6 Å². The summed E-state index contributed by atoms with van der Waals surface area (Å²) >= 11 is 0. The van der Waals surface area contributed by atoms with E-state index in [1.165, 1.54) is 12.1 Å². The van der Waals surface area contributed by atoms with Gasteiger partial charge < -0.3 is 14.4 Å². The summed E-state index contributed by atoms with van der Waals surface area (Å²) in [4.78, 5) is 14.6. The van der Waals surface area contributed by atoms with Crippen LogP contribution in [0, 0.1) is 5.82 Å². The summed E-state index contributed by atoms with van der Waals surface area (Å²) in [5.41, 5.74) is 1.09. The average Bonchev–Trinajstić information content (AvgIpc) is 3.22. The minimum Gasteiger partial charge on any atom is -0.376 e. The molecule has 1 aromatic carbocycles. The van der Waals surface area contributed by atoms with Crippen LogP contribution >= 0.6 is 0 Å². The SMILES string of the molecule is C[C@H](OC[C@@H]1CCCO1)C(=O)N1C[C@@H](c2ccc(F)cc2)C[C@@H]1C. The van der Waals surface area contributed by atoms with Crippen LogP contribution in [0.15, 0.2) is 24.3 Å². The number of ether oxygens (including phenoxy) is 2. The first-order valence-corrected chi connectivity index (χ1v) is 8.83. The molecule has 2 heterocycles. The summed E-state index contributed by atoms with van der Waals surface area (Å²) in [6.07, 6.45) is 2.65. The fourth-order valence-corrected chi connectivity index (χ4v) is 3.65. The molecule has 0 saturated carbocycles. The minimum absolute atomic E-state index is 0.0325. The summed E-state index contributed by atoms with van der Waals surface area (Å²) in [5, 5.41) is 0. The molecule has 0 aromatic heterocycles. The second-order valence-electron chi connectivity index (χ2n) is 6.93. The first-order valence-electron chi connectivity index (χ1n) is 8.83. The van der Waals surface area contributed by atoms with Gasteiger partial charge in [0.1, 0.15) is 11.9 Å². The molecule has 24 heavy (non-hydrogen) atoms. The van der Waals surface area contributed by atoms with E-state index in [2.05, 4.69) is 6.92 Å². The molecule has 0 unspecified atom stereocenters. The number of amides is 1. The van der Waals surface area contributed by atoms with Gasteiger partial charge in [-0.2, -0.15) is 0 Å². The molecule has 1 aromatic rings. The second kappa shape index (κ2) is 7.62. The lowest BCUT2D eigenvalue weighted by Crippen LogP contribution is -2.41. The first-order chi connectivity index (χ1) is 11.5. The van der Waals surface area contributed by atoms with Crippen molar-refractivity contribution < 1.29 is 18.7 Å². The Morgan fingerprint density at radius 3 is 2.83 bits per heavy atom. The zero-order valence-electron chi connectivity index (χ0n) is 14.4. The van der Waals surface area contributed by atoms with Gasteiger partial charge in [0, 0.05) is 25.1 Å². The van der Waals surface area contributed by atoms with Crippen molar-refractivity contribution in [1.82, 2.24) is 4.90 Å². The monoisotopic (exact) mass is 335 g/mol. The van der Waals surface area contributed by atoms with Crippen LogP contribution in [0.4, 0.5) is 4.39 Å². The Hall–Kier alpha value is -1.46. The van der Waals surface area contributed by atoms with Crippen molar-refractivity contribution in [3.63, 3.8) is 0 Å². The van der Waals surface area contributed by atoms with E-state index in [4.69, 9.17) is 9.47 Å². The van der Waals surface area contributed by atoms with Crippen LogP contribution in [0.5, 0.6) is 0 Å². The molecule has 5 heteroatoms. The topological polar surface area (TPSA) is 38.8 Å². The molecule has 2 aliphatic rings. The molecule has 2 fully saturated rings. The molecule has 2 aliphatic heterocycles. The number of carbonyl (C=O) groups is 1. The van der Waals surface area contributed by atoms with E-state index >= 15 is 0 Å². The van der Waals surface area contributed by atoms with Gasteiger partial charge in [0.05, 0.1) is 12.7 Å². The zero-order valence-corrected chi connectivity index (χ0v) is 14.4. The maximum absolute atomic E-state index is 13.1. The third-order valence-corrected chi connectivity index (χ3v) is 5.10. The minimum atomic E-state index is -0.455. The highest BCUT2D eigenvalue weighted by Gasteiger charge is 2.35. The van der Waals surface area contributed by atoms with Gasteiger partial charge in [-0.3, -0.25) is 4.79 Å². The lowest BCUT2D eigenvalue weighted by molar-refractivity contribution is -0.145. The first kappa shape index (κ1) is 17.4. The number of likely N-dealkylation sites (tertiary alicyclic amines) is 1. The predicted molar refractivity (Wildman–Crippen MR) is 89.3 cm³/mol. The summed E-state index contributed by atoms with van der Waals surface area (Å²) < 4.78 is 24.4. The molecule has 3 rings (SSSR count). The Morgan fingerprint density at radius 2 is 2.17 bits per heavy atom. The van der Waals surface area contributed by atoms with E-state index in [-0.39, 0.29) is 29.8 Å². The molecule has 132 valence electrons. The Kier molecular flexibility index (Phi) is 5.51. The van der Waals surface area contributed by atoms with Gasteiger partial charge in [-0.1, -0.05) is 12.1 Å². The van der Waals surface area contributed by atoms with Crippen LogP contribution in [0.25, 0.3) is 0 Å². The summed E-state index contributed by atoms with van der Waals surface area (Å²) in [5.74, 6) is 0.0638. The highest BCUT2D eigenvalue weighted by atomic mass is 19.1. The highest BCUT2D eigenvalue weighted by molar-refractivity contribution is 5.81. The predicted octanol–water partition coefficient (Wildman–Crippen LogP) is 3.11. The van der Waals surface area contributed by atoms with Crippen LogP contribution in [-0.2, 0) is 14.3 Å². The fraction of sp³-hybridized carbons (Fsp3) is 0.632. The highest BCUT2D eigenvalue weighted by Crippen LogP contribution is 2.32. The third kappa shape index (κ3) is 3.95. The van der Waals surface area contributed by atoms with Crippen molar-refractivity contribution in [2.75, 3.05) is 19.8 Å². The van der Waals surface area contributed by atoms with Crippen LogP contribution in [-0.4, -0.2) is 48.8 Å². The van der Waals surface area contributed by atoms with Crippen molar-refractivity contribution in [2.45, 2.75) is 57.3 Å². The van der Waals surface area contributed by atoms with Gasteiger partial charge in [-0.15, -0.1) is 0 Å². The second-order valence-corrected chi connectivity index (χ2v) is 6.93. The molecule has 0 bridgehead atoms. The largest absolute Gasteiger partial charge is 0.376 e. The van der Waals surface area contributed by atoms with Crippen molar-refractivity contribution in [2.24, 2.45) is 0 Å². The summed E-state index contributed by atoms with van der Waals surface area (Å²) in [7, 11) is 0. The molecule has 2 saturated heterocycles. The molecule has 0 aliphatic carbocycles. The van der Waals surface area contributed by atoms with Crippen LogP contribution in [0.3, 0.4) is 0 Å². The van der Waals surface area contributed by atoms with Gasteiger partial charge in [0.2, 0.25) is 0 Å². The third-order valence-electron chi connectivity index (χ3n) is 5.10. The number of nitrogens with zero attached hydrogens (tertiary/aromatic N) is 1. The molecule has 0 spiro atoms. The maximum atomic E-state index is 13.1. The van der Waals surface area contributed by atoms with Gasteiger partial charge in [0.15, 0.2) is 0 Å². The number of hydrogen-bond acceptors (Lipinski definition) is 3. The van der Waals surface area contributed by atoms with Crippen molar-refractivity contribution >= 4 is 5.91 Å². The molecular weight excluding hydrogens is 309 g/mol. The van der Waals surface area contributed by atoms with Gasteiger partial charge in [0.25, 0.3) is 5.91 Å². The van der Waals surface area contributed by atoms with E-state index < -0.39 is 6.10 Å².